The van der Waals surface area contributed by atoms with Crippen molar-refractivity contribution in [2.24, 2.45) is 10.9 Å². The van der Waals surface area contributed by atoms with Crippen LogP contribution in [0.15, 0.2) is 47.9 Å². The molecule has 3 rings (SSSR count). The molecule has 23 heavy (non-hydrogen) atoms. The molecule has 0 amide bonds. The molecule has 0 aliphatic rings. The van der Waals surface area contributed by atoms with Crippen LogP contribution in [0, 0.1) is 0 Å². The number of rotatable bonds is 2. The maximum Gasteiger partial charge on any atom is 0.416 e. The summed E-state index contributed by atoms with van der Waals surface area (Å²) in [7, 11) is 0. The molecular formula is C14H10F3N5O. The second-order valence-corrected chi connectivity index (χ2v) is 4.69. The van der Waals surface area contributed by atoms with Crippen molar-refractivity contribution in [1.29, 1.82) is 0 Å². The van der Waals surface area contributed by atoms with Crippen molar-refractivity contribution in [3.63, 3.8) is 0 Å². The van der Waals surface area contributed by atoms with Crippen molar-refractivity contribution in [2.75, 3.05) is 0 Å². The van der Waals surface area contributed by atoms with E-state index in [0.29, 0.717) is 11.3 Å². The highest BCUT2D eigenvalue weighted by atomic mass is 19.4. The number of alkyl halides is 3. The van der Waals surface area contributed by atoms with E-state index in [2.05, 4.69) is 15.2 Å². The third-order valence-electron chi connectivity index (χ3n) is 3.27. The zero-order valence-corrected chi connectivity index (χ0v) is 11.5. The number of amidine groups is 1. The van der Waals surface area contributed by atoms with E-state index >= 15 is 0 Å². The molecule has 0 unspecified atom stereocenters. The number of fused-ring (bicyclic) bond motifs is 1. The molecular weight excluding hydrogens is 311 g/mol. The zero-order chi connectivity index (χ0) is 16.6. The predicted molar refractivity (Wildman–Crippen MR) is 75.9 cm³/mol. The number of oxime groups is 1. The Balaban J connectivity index is 2.20. The van der Waals surface area contributed by atoms with E-state index < -0.39 is 11.7 Å². The quantitative estimate of drug-likeness (QED) is 0.328. The summed E-state index contributed by atoms with van der Waals surface area (Å²) in [5.74, 6) is -0.186. The van der Waals surface area contributed by atoms with Crippen LogP contribution >= 0.6 is 0 Å². The van der Waals surface area contributed by atoms with Crippen LogP contribution in [0.1, 0.15) is 11.1 Å². The lowest BCUT2D eigenvalue weighted by atomic mass is 10.1. The molecule has 0 saturated carbocycles. The topological polar surface area (TPSA) is 88.8 Å². The molecule has 0 saturated heterocycles. The van der Waals surface area contributed by atoms with Crippen molar-refractivity contribution in [1.82, 2.24) is 14.6 Å². The standard InChI is InChI=1S/C14H10F3N5O/c15-14(16,17)9-3-1-2-8(6-9)11-4-5-19-13-10(12(18)21-23)7-20-22(11)13/h1-7,23H,(H2,18,21). The second-order valence-electron chi connectivity index (χ2n) is 4.69. The Morgan fingerprint density at radius 3 is 2.74 bits per heavy atom. The summed E-state index contributed by atoms with van der Waals surface area (Å²) in [6.45, 7) is 0. The minimum atomic E-state index is -4.44. The lowest BCUT2D eigenvalue weighted by Gasteiger charge is -2.09. The van der Waals surface area contributed by atoms with Gasteiger partial charge in [0.05, 0.1) is 23.0 Å². The molecule has 0 aliphatic heterocycles. The van der Waals surface area contributed by atoms with Gasteiger partial charge in [-0.1, -0.05) is 17.3 Å². The molecule has 2 heterocycles. The average Bonchev–Trinajstić information content (AvgIpc) is 2.97. The Labute approximate surface area is 127 Å². The molecule has 3 aromatic rings. The van der Waals surface area contributed by atoms with Crippen LogP contribution in [0.5, 0.6) is 0 Å². The van der Waals surface area contributed by atoms with Crippen molar-refractivity contribution in [2.45, 2.75) is 6.18 Å². The summed E-state index contributed by atoms with van der Waals surface area (Å²) in [6.07, 6.45) is -1.69. The first-order chi connectivity index (χ1) is 10.9. The fraction of sp³-hybridized carbons (Fsp3) is 0.0714. The molecule has 0 aliphatic carbocycles. The minimum absolute atomic E-state index is 0.186. The molecule has 0 radical (unpaired) electrons. The van der Waals surface area contributed by atoms with E-state index in [0.717, 1.165) is 12.1 Å². The lowest BCUT2D eigenvalue weighted by molar-refractivity contribution is -0.137. The fourth-order valence-corrected chi connectivity index (χ4v) is 2.20. The van der Waals surface area contributed by atoms with Crippen molar-refractivity contribution in [3.8, 4) is 11.3 Å². The Kier molecular flexibility index (Phi) is 3.40. The van der Waals surface area contributed by atoms with E-state index in [1.807, 2.05) is 0 Å². The first kappa shape index (κ1) is 14.8. The van der Waals surface area contributed by atoms with Crippen LogP contribution in [0.4, 0.5) is 13.2 Å². The number of benzene rings is 1. The Bertz CT molecular complexity index is 901. The van der Waals surface area contributed by atoms with E-state index in [4.69, 9.17) is 10.9 Å². The third-order valence-corrected chi connectivity index (χ3v) is 3.27. The number of halogens is 3. The summed E-state index contributed by atoms with van der Waals surface area (Å²) >= 11 is 0. The fourth-order valence-electron chi connectivity index (χ4n) is 2.20. The minimum Gasteiger partial charge on any atom is -0.409 e. The molecule has 1 aromatic carbocycles. The van der Waals surface area contributed by atoms with Gasteiger partial charge < -0.3 is 10.9 Å². The largest absolute Gasteiger partial charge is 0.416 e. The molecule has 3 N–H and O–H groups in total. The van der Waals surface area contributed by atoms with Crippen molar-refractivity contribution in [3.05, 3.63) is 53.9 Å². The molecule has 2 aromatic heterocycles. The van der Waals surface area contributed by atoms with E-state index in [-0.39, 0.29) is 17.0 Å². The molecule has 0 spiro atoms. The average molecular weight is 321 g/mol. The van der Waals surface area contributed by atoms with Gasteiger partial charge in [-0.15, -0.1) is 0 Å². The SMILES string of the molecule is NC(=NO)c1cnn2c(-c3cccc(C(F)(F)F)c3)ccnc12. The highest BCUT2D eigenvalue weighted by molar-refractivity contribution is 6.02. The molecule has 9 heteroatoms. The first-order valence-corrected chi connectivity index (χ1v) is 6.40. The lowest BCUT2D eigenvalue weighted by Crippen LogP contribution is -2.13. The Morgan fingerprint density at radius 1 is 1.26 bits per heavy atom. The van der Waals surface area contributed by atoms with Gasteiger partial charge in [-0.2, -0.15) is 18.3 Å². The van der Waals surface area contributed by atoms with Crippen molar-refractivity contribution < 1.29 is 18.4 Å². The first-order valence-electron chi connectivity index (χ1n) is 6.40. The summed E-state index contributed by atoms with van der Waals surface area (Å²) in [5, 5.41) is 15.7. The molecule has 0 bridgehead atoms. The maximum absolute atomic E-state index is 12.9. The molecule has 6 nitrogen and oxygen atoms in total. The number of hydrogen-bond donors (Lipinski definition) is 2. The summed E-state index contributed by atoms with van der Waals surface area (Å²) in [5.41, 5.74) is 6.05. The number of hydrogen-bond acceptors (Lipinski definition) is 4. The van der Waals surface area contributed by atoms with Crippen LogP contribution < -0.4 is 5.73 Å². The van der Waals surface area contributed by atoms with Gasteiger partial charge in [-0.3, -0.25) is 0 Å². The van der Waals surface area contributed by atoms with Crippen LogP contribution in [0.2, 0.25) is 0 Å². The number of aromatic nitrogens is 3. The molecule has 0 fully saturated rings. The third kappa shape index (κ3) is 2.56. The zero-order valence-electron chi connectivity index (χ0n) is 11.5. The van der Waals surface area contributed by atoms with Gasteiger partial charge in [0.1, 0.15) is 0 Å². The Morgan fingerprint density at radius 2 is 2.04 bits per heavy atom. The van der Waals surface area contributed by atoms with Crippen LogP contribution in [-0.2, 0) is 6.18 Å². The van der Waals surface area contributed by atoms with Gasteiger partial charge in [-0.25, -0.2) is 9.50 Å². The highest BCUT2D eigenvalue weighted by Crippen LogP contribution is 2.32. The van der Waals surface area contributed by atoms with Crippen LogP contribution in [0.3, 0.4) is 0 Å². The second kappa shape index (κ2) is 5.27. The maximum atomic E-state index is 12.9. The Hall–Kier alpha value is -3.10. The predicted octanol–water partition coefficient (Wildman–Crippen LogP) is 2.51. The summed E-state index contributed by atoms with van der Waals surface area (Å²) < 4.78 is 39.9. The van der Waals surface area contributed by atoms with Gasteiger partial charge in [0.2, 0.25) is 0 Å². The van der Waals surface area contributed by atoms with E-state index in [1.54, 1.807) is 0 Å². The van der Waals surface area contributed by atoms with E-state index in [9.17, 15) is 13.2 Å². The van der Waals surface area contributed by atoms with Gasteiger partial charge in [-0.05, 0) is 18.2 Å². The van der Waals surface area contributed by atoms with Crippen LogP contribution in [0.25, 0.3) is 16.9 Å². The molecule has 118 valence electrons. The van der Waals surface area contributed by atoms with E-state index in [1.165, 1.54) is 35.1 Å². The van der Waals surface area contributed by atoms with Crippen LogP contribution in [-0.4, -0.2) is 25.6 Å². The summed E-state index contributed by atoms with van der Waals surface area (Å²) in [6, 6.07) is 6.41. The smallest absolute Gasteiger partial charge is 0.409 e. The van der Waals surface area contributed by atoms with Gasteiger partial charge >= 0.3 is 6.18 Å². The normalized spacial score (nSPS) is 12.7. The summed E-state index contributed by atoms with van der Waals surface area (Å²) in [4.78, 5) is 4.07. The highest BCUT2D eigenvalue weighted by Gasteiger charge is 2.30. The molecule has 0 atom stereocenters. The number of nitrogens with two attached hydrogens (primary N) is 1. The van der Waals surface area contributed by atoms with Gasteiger partial charge in [0.15, 0.2) is 11.5 Å². The van der Waals surface area contributed by atoms with Gasteiger partial charge in [0.25, 0.3) is 0 Å². The monoisotopic (exact) mass is 321 g/mol. The number of nitrogens with zero attached hydrogens (tertiary/aromatic N) is 4. The van der Waals surface area contributed by atoms with Crippen molar-refractivity contribution >= 4 is 11.5 Å². The van der Waals surface area contributed by atoms with Gasteiger partial charge in [0, 0.05) is 11.8 Å².